The first-order valence-corrected chi connectivity index (χ1v) is 8.05. The van der Waals surface area contributed by atoms with Gasteiger partial charge in [-0.1, -0.05) is 19.9 Å². The van der Waals surface area contributed by atoms with Gasteiger partial charge in [-0.25, -0.2) is 0 Å². The van der Waals surface area contributed by atoms with E-state index in [-0.39, 0.29) is 23.9 Å². The zero-order chi connectivity index (χ0) is 15.2. The lowest BCUT2D eigenvalue weighted by Crippen LogP contribution is -2.59. The Morgan fingerprint density at radius 3 is 2.86 bits per heavy atom. The molecule has 4 atom stereocenters. The first kappa shape index (κ1) is 17.6. The number of hydrogen-bond acceptors (Lipinski definition) is 3. The topological polar surface area (TPSA) is 32.7 Å². The standard InChI is InChI=1S/C18H27NO2.ClH/c1-12(21-4)11-19-8-7-18(3)13(2)17(19)9-14-5-6-15(20)10-16(14)18;/h5-6,10,12-13,17,20H,7-9,11H2,1-4H3;1H/t12-,13?,17-,18-;/m0./s1. The Morgan fingerprint density at radius 1 is 1.45 bits per heavy atom. The Labute approximate surface area is 140 Å². The Bertz CT molecular complexity index is 536. The number of fused-ring (bicyclic) bond motifs is 4. The quantitative estimate of drug-likeness (QED) is 0.924. The van der Waals surface area contributed by atoms with Crippen LogP contribution in [0.4, 0.5) is 0 Å². The van der Waals surface area contributed by atoms with Crippen molar-refractivity contribution in [2.24, 2.45) is 5.92 Å². The number of phenols is 1. The summed E-state index contributed by atoms with van der Waals surface area (Å²) in [5, 5.41) is 9.86. The maximum Gasteiger partial charge on any atom is 0.115 e. The number of piperidine rings is 1. The highest BCUT2D eigenvalue weighted by Gasteiger charge is 2.48. The van der Waals surface area contributed by atoms with Gasteiger partial charge in [0.05, 0.1) is 6.10 Å². The minimum atomic E-state index is 0. The number of rotatable bonds is 3. The van der Waals surface area contributed by atoms with Crippen molar-refractivity contribution in [3.63, 3.8) is 0 Å². The van der Waals surface area contributed by atoms with Crippen LogP contribution in [0, 0.1) is 5.92 Å². The van der Waals surface area contributed by atoms with Crippen LogP contribution in [0.5, 0.6) is 5.75 Å². The SMILES string of the molecule is CO[C@@H](C)CN1CC[C@]2(C)c3cc(O)ccc3C[C@H]1C2C.Cl. The van der Waals surface area contributed by atoms with E-state index in [9.17, 15) is 5.11 Å². The monoisotopic (exact) mass is 325 g/mol. The lowest BCUT2D eigenvalue weighted by Gasteiger charge is -2.55. The number of nitrogens with zero attached hydrogens (tertiary/aromatic N) is 1. The molecule has 1 aliphatic heterocycles. The molecule has 124 valence electrons. The summed E-state index contributed by atoms with van der Waals surface area (Å²) in [6.07, 6.45) is 2.52. The van der Waals surface area contributed by atoms with Gasteiger partial charge in [0, 0.05) is 19.7 Å². The smallest absolute Gasteiger partial charge is 0.115 e. The second-order valence-electron chi connectivity index (χ2n) is 7.11. The van der Waals surface area contributed by atoms with Gasteiger partial charge in [-0.2, -0.15) is 0 Å². The van der Waals surface area contributed by atoms with Crippen molar-refractivity contribution in [2.45, 2.75) is 51.2 Å². The molecule has 1 N–H and O–H groups in total. The van der Waals surface area contributed by atoms with Crippen molar-refractivity contribution in [3.05, 3.63) is 29.3 Å². The minimum Gasteiger partial charge on any atom is -0.508 e. The highest BCUT2D eigenvalue weighted by atomic mass is 35.5. The predicted molar refractivity (Wildman–Crippen MR) is 92.0 cm³/mol. The van der Waals surface area contributed by atoms with Gasteiger partial charge in [0.1, 0.15) is 5.75 Å². The molecule has 0 spiro atoms. The van der Waals surface area contributed by atoms with Gasteiger partial charge in [-0.15, -0.1) is 12.4 Å². The number of benzene rings is 1. The molecule has 1 aliphatic carbocycles. The molecule has 22 heavy (non-hydrogen) atoms. The summed E-state index contributed by atoms with van der Waals surface area (Å²) in [5.74, 6) is 1.00. The Balaban J connectivity index is 0.00000176. The van der Waals surface area contributed by atoms with Gasteiger partial charge in [-0.3, -0.25) is 4.90 Å². The molecular formula is C18H28ClNO2. The molecule has 1 heterocycles. The van der Waals surface area contributed by atoms with Gasteiger partial charge >= 0.3 is 0 Å². The van der Waals surface area contributed by atoms with Crippen LogP contribution >= 0.6 is 12.4 Å². The first-order valence-electron chi connectivity index (χ1n) is 8.05. The number of phenolic OH excluding ortho intramolecular Hbond substituents is 1. The van der Waals surface area contributed by atoms with E-state index < -0.39 is 0 Å². The number of hydrogen-bond donors (Lipinski definition) is 1. The predicted octanol–water partition coefficient (Wildman–Crippen LogP) is 3.37. The van der Waals surface area contributed by atoms with E-state index in [1.165, 1.54) is 11.1 Å². The van der Waals surface area contributed by atoms with Gasteiger partial charge < -0.3 is 9.84 Å². The maximum atomic E-state index is 9.86. The van der Waals surface area contributed by atoms with E-state index in [4.69, 9.17) is 4.74 Å². The molecule has 1 saturated heterocycles. The van der Waals surface area contributed by atoms with Crippen LogP contribution in [0.25, 0.3) is 0 Å². The molecule has 0 saturated carbocycles. The van der Waals surface area contributed by atoms with Crippen LogP contribution in [0.3, 0.4) is 0 Å². The molecule has 0 radical (unpaired) electrons. The Kier molecular flexibility index (Phi) is 5.10. The third kappa shape index (κ3) is 2.75. The number of aromatic hydroxyl groups is 1. The average molecular weight is 326 g/mol. The lowest BCUT2D eigenvalue weighted by atomic mass is 9.59. The third-order valence-electron chi connectivity index (χ3n) is 6.00. The fourth-order valence-electron chi connectivity index (χ4n) is 4.33. The van der Waals surface area contributed by atoms with Crippen LogP contribution in [-0.4, -0.2) is 42.4 Å². The van der Waals surface area contributed by atoms with Crippen LogP contribution in [0.2, 0.25) is 0 Å². The van der Waals surface area contributed by atoms with E-state index in [1.807, 2.05) is 12.1 Å². The summed E-state index contributed by atoms with van der Waals surface area (Å²) in [4.78, 5) is 2.61. The fourth-order valence-corrected chi connectivity index (χ4v) is 4.33. The molecule has 2 aliphatic rings. The second kappa shape index (κ2) is 6.38. The van der Waals surface area contributed by atoms with Gasteiger partial charge in [-0.05, 0) is 60.9 Å². The van der Waals surface area contributed by atoms with Crippen LogP contribution in [0.1, 0.15) is 38.3 Å². The largest absolute Gasteiger partial charge is 0.508 e. The molecular weight excluding hydrogens is 298 g/mol. The Hall–Kier alpha value is -0.770. The van der Waals surface area contributed by atoms with E-state index in [0.29, 0.717) is 17.7 Å². The molecule has 1 unspecified atom stereocenters. The summed E-state index contributed by atoms with van der Waals surface area (Å²) < 4.78 is 5.46. The summed E-state index contributed by atoms with van der Waals surface area (Å²) >= 11 is 0. The van der Waals surface area contributed by atoms with Crippen molar-refractivity contribution in [2.75, 3.05) is 20.2 Å². The third-order valence-corrected chi connectivity index (χ3v) is 6.00. The van der Waals surface area contributed by atoms with Crippen molar-refractivity contribution >= 4 is 12.4 Å². The fraction of sp³-hybridized carbons (Fsp3) is 0.667. The highest BCUT2D eigenvalue weighted by Crippen LogP contribution is 2.49. The summed E-state index contributed by atoms with van der Waals surface area (Å²) in [6, 6.07) is 6.52. The molecule has 3 rings (SSSR count). The van der Waals surface area contributed by atoms with Crippen LogP contribution < -0.4 is 0 Å². The summed E-state index contributed by atoms with van der Waals surface area (Å²) in [7, 11) is 1.79. The van der Waals surface area contributed by atoms with Crippen LogP contribution in [-0.2, 0) is 16.6 Å². The van der Waals surface area contributed by atoms with E-state index in [0.717, 1.165) is 25.9 Å². The van der Waals surface area contributed by atoms with Crippen molar-refractivity contribution < 1.29 is 9.84 Å². The number of likely N-dealkylation sites (tertiary alicyclic amines) is 1. The number of ether oxygens (including phenoxy) is 1. The van der Waals surface area contributed by atoms with Gasteiger partial charge in [0.2, 0.25) is 0 Å². The molecule has 0 aromatic heterocycles. The lowest BCUT2D eigenvalue weighted by molar-refractivity contribution is -0.00624. The minimum absolute atomic E-state index is 0. The summed E-state index contributed by atoms with van der Waals surface area (Å²) in [6.45, 7) is 9.02. The van der Waals surface area contributed by atoms with Crippen molar-refractivity contribution in [3.8, 4) is 5.75 Å². The summed E-state index contributed by atoms with van der Waals surface area (Å²) in [5.41, 5.74) is 2.96. The van der Waals surface area contributed by atoms with Crippen molar-refractivity contribution in [1.29, 1.82) is 0 Å². The maximum absolute atomic E-state index is 9.86. The normalized spacial score (nSPS) is 32.0. The molecule has 4 heteroatoms. The number of methoxy groups -OCH3 is 1. The van der Waals surface area contributed by atoms with Crippen molar-refractivity contribution in [1.82, 2.24) is 4.90 Å². The zero-order valence-corrected chi connectivity index (χ0v) is 14.8. The molecule has 3 nitrogen and oxygen atoms in total. The van der Waals surface area contributed by atoms with Gasteiger partial charge in [0.15, 0.2) is 0 Å². The van der Waals surface area contributed by atoms with Crippen LogP contribution in [0.15, 0.2) is 18.2 Å². The second-order valence-corrected chi connectivity index (χ2v) is 7.11. The zero-order valence-electron chi connectivity index (χ0n) is 14.0. The molecule has 1 aromatic rings. The highest BCUT2D eigenvalue weighted by molar-refractivity contribution is 5.85. The van der Waals surface area contributed by atoms with E-state index >= 15 is 0 Å². The average Bonchev–Trinajstić information content (AvgIpc) is 2.46. The molecule has 0 amide bonds. The van der Waals surface area contributed by atoms with E-state index in [2.05, 4.69) is 31.7 Å². The number of halogens is 1. The first-order chi connectivity index (χ1) is 9.95. The molecule has 1 fully saturated rings. The molecule has 1 aromatic carbocycles. The van der Waals surface area contributed by atoms with Gasteiger partial charge in [0.25, 0.3) is 0 Å². The Morgan fingerprint density at radius 2 is 2.18 bits per heavy atom. The molecule has 2 bridgehead atoms. The van der Waals surface area contributed by atoms with E-state index in [1.54, 1.807) is 7.11 Å².